The zero-order chi connectivity index (χ0) is 21.7. The van der Waals surface area contributed by atoms with E-state index in [1.54, 1.807) is 61.2 Å². The number of benzene rings is 1. The highest BCUT2D eigenvalue weighted by atomic mass is 32.1. The van der Waals surface area contributed by atoms with Crippen LogP contribution in [0.2, 0.25) is 0 Å². The standard InChI is InChI=1S/C21H22N4O4S/c1-4-29-21(28)17-12-22-25(14(17)3)16-8-5-7-15(11-16)24-19(26)13(2)23-20(27)18-9-6-10-30-18/h5-13H,4H2,1-3H3,(H,23,27)(H,24,26). The summed E-state index contributed by atoms with van der Waals surface area (Å²) in [6.45, 7) is 5.42. The Kier molecular flexibility index (Phi) is 6.63. The Morgan fingerprint density at radius 3 is 2.73 bits per heavy atom. The SMILES string of the molecule is CCOC(=O)c1cnn(-c2cccc(NC(=O)C(C)NC(=O)c3cccs3)c2)c1C. The van der Waals surface area contributed by atoms with Gasteiger partial charge in [-0.3, -0.25) is 9.59 Å². The third kappa shape index (κ3) is 4.74. The van der Waals surface area contributed by atoms with Crippen LogP contribution in [-0.2, 0) is 9.53 Å². The number of aromatic nitrogens is 2. The summed E-state index contributed by atoms with van der Waals surface area (Å²) in [6, 6.07) is 9.81. The fourth-order valence-corrected chi connectivity index (χ4v) is 3.41. The lowest BCUT2D eigenvalue weighted by atomic mass is 10.2. The molecule has 0 saturated carbocycles. The average Bonchev–Trinajstić information content (AvgIpc) is 3.38. The van der Waals surface area contributed by atoms with Gasteiger partial charge in [-0.1, -0.05) is 12.1 Å². The smallest absolute Gasteiger partial charge is 0.341 e. The number of carbonyl (C=O) groups is 3. The van der Waals surface area contributed by atoms with Crippen molar-refractivity contribution in [3.63, 3.8) is 0 Å². The van der Waals surface area contributed by atoms with Gasteiger partial charge in [-0.2, -0.15) is 5.10 Å². The number of hydrogen-bond acceptors (Lipinski definition) is 6. The maximum Gasteiger partial charge on any atom is 0.341 e. The number of rotatable bonds is 7. The Bertz CT molecular complexity index is 1060. The summed E-state index contributed by atoms with van der Waals surface area (Å²) in [5, 5.41) is 11.5. The Labute approximate surface area is 177 Å². The highest BCUT2D eigenvalue weighted by Gasteiger charge is 2.19. The van der Waals surface area contributed by atoms with E-state index in [0.29, 0.717) is 27.5 Å². The first-order chi connectivity index (χ1) is 14.4. The average molecular weight is 426 g/mol. The summed E-state index contributed by atoms with van der Waals surface area (Å²) < 4.78 is 6.64. The molecule has 1 aromatic carbocycles. The molecule has 0 aliphatic heterocycles. The van der Waals surface area contributed by atoms with Crippen LogP contribution in [-0.4, -0.2) is 40.2 Å². The summed E-state index contributed by atoms with van der Waals surface area (Å²) in [7, 11) is 0. The van der Waals surface area contributed by atoms with Crippen LogP contribution in [0.4, 0.5) is 5.69 Å². The number of nitrogens with zero attached hydrogens (tertiary/aromatic N) is 2. The zero-order valence-electron chi connectivity index (χ0n) is 16.8. The van der Waals surface area contributed by atoms with Crippen molar-refractivity contribution in [1.29, 1.82) is 0 Å². The normalized spacial score (nSPS) is 11.6. The molecule has 0 fully saturated rings. The number of nitrogens with one attached hydrogen (secondary N) is 2. The van der Waals surface area contributed by atoms with E-state index >= 15 is 0 Å². The largest absolute Gasteiger partial charge is 0.462 e. The molecule has 30 heavy (non-hydrogen) atoms. The van der Waals surface area contributed by atoms with Gasteiger partial charge in [0.25, 0.3) is 5.91 Å². The van der Waals surface area contributed by atoms with E-state index in [1.807, 2.05) is 6.07 Å². The molecule has 0 saturated heterocycles. The number of thiophene rings is 1. The van der Waals surface area contributed by atoms with Gasteiger partial charge in [-0.25, -0.2) is 9.48 Å². The zero-order valence-corrected chi connectivity index (χ0v) is 17.7. The van der Waals surface area contributed by atoms with Crippen molar-refractivity contribution in [2.75, 3.05) is 11.9 Å². The molecule has 2 amide bonds. The van der Waals surface area contributed by atoms with Crippen LogP contribution in [0, 0.1) is 6.92 Å². The second kappa shape index (κ2) is 9.36. The van der Waals surface area contributed by atoms with E-state index in [0.717, 1.165) is 0 Å². The topological polar surface area (TPSA) is 102 Å². The van der Waals surface area contributed by atoms with Gasteiger partial charge >= 0.3 is 5.97 Å². The molecule has 2 N–H and O–H groups in total. The maximum atomic E-state index is 12.5. The molecule has 2 aromatic heterocycles. The summed E-state index contributed by atoms with van der Waals surface area (Å²) >= 11 is 1.31. The van der Waals surface area contributed by atoms with Crippen molar-refractivity contribution < 1.29 is 19.1 Å². The first-order valence-corrected chi connectivity index (χ1v) is 10.3. The summed E-state index contributed by atoms with van der Waals surface area (Å²) in [5.41, 5.74) is 2.24. The highest BCUT2D eigenvalue weighted by Crippen LogP contribution is 2.19. The molecule has 2 heterocycles. The first kappa shape index (κ1) is 21.3. The van der Waals surface area contributed by atoms with Gasteiger partial charge in [-0.05, 0) is 50.4 Å². The number of esters is 1. The molecule has 9 heteroatoms. The Hall–Kier alpha value is -3.46. The van der Waals surface area contributed by atoms with E-state index in [4.69, 9.17) is 4.74 Å². The molecule has 3 aromatic rings. The van der Waals surface area contributed by atoms with Gasteiger partial charge in [0.1, 0.15) is 11.6 Å². The van der Waals surface area contributed by atoms with Crippen molar-refractivity contribution in [2.24, 2.45) is 0 Å². The Morgan fingerprint density at radius 2 is 2.03 bits per heavy atom. The van der Waals surface area contributed by atoms with Crippen LogP contribution in [0.25, 0.3) is 5.69 Å². The van der Waals surface area contributed by atoms with Crippen LogP contribution in [0.5, 0.6) is 0 Å². The summed E-state index contributed by atoms with van der Waals surface area (Å²) in [4.78, 5) is 37.2. The third-order valence-electron chi connectivity index (χ3n) is 4.35. The summed E-state index contributed by atoms with van der Waals surface area (Å²) in [6.07, 6.45) is 1.46. The van der Waals surface area contributed by atoms with Gasteiger partial charge in [0, 0.05) is 5.69 Å². The first-order valence-electron chi connectivity index (χ1n) is 9.38. The fourth-order valence-electron chi connectivity index (χ4n) is 2.79. The van der Waals surface area contributed by atoms with Gasteiger partial charge in [-0.15, -0.1) is 11.3 Å². The third-order valence-corrected chi connectivity index (χ3v) is 5.22. The lowest BCUT2D eigenvalue weighted by molar-refractivity contribution is -0.117. The van der Waals surface area contributed by atoms with Crippen molar-refractivity contribution in [1.82, 2.24) is 15.1 Å². The minimum absolute atomic E-state index is 0.284. The van der Waals surface area contributed by atoms with Crippen LogP contribution >= 0.6 is 11.3 Å². The maximum absolute atomic E-state index is 12.5. The predicted octanol–water partition coefficient (Wildman–Crippen LogP) is 3.18. The lowest BCUT2D eigenvalue weighted by Gasteiger charge is -2.14. The van der Waals surface area contributed by atoms with Crippen molar-refractivity contribution in [3.8, 4) is 5.69 Å². The predicted molar refractivity (Wildman–Crippen MR) is 114 cm³/mol. The van der Waals surface area contributed by atoms with Crippen molar-refractivity contribution >= 4 is 34.8 Å². The Morgan fingerprint density at radius 1 is 1.23 bits per heavy atom. The fraction of sp³-hybridized carbons (Fsp3) is 0.238. The molecule has 3 rings (SSSR count). The monoisotopic (exact) mass is 426 g/mol. The van der Waals surface area contributed by atoms with Gasteiger partial charge in [0.15, 0.2) is 0 Å². The molecule has 8 nitrogen and oxygen atoms in total. The Balaban J connectivity index is 1.70. The highest BCUT2D eigenvalue weighted by molar-refractivity contribution is 7.12. The molecular weight excluding hydrogens is 404 g/mol. The van der Waals surface area contributed by atoms with Crippen LogP contribution in [0.1, 0.15) is 39.6 Å². The number of anilines is 1. The van der Waals surface area contributed by atoms with Crippen molar-refractivity contribution in [3.05, 3.63) is 64.1 Å². The molecule has 0 radical (unpaired) electrons. The quantitative estimate of drug-likeness (QED) is 0.565. The van der Waals surface area contributed by atoms with Gasteiger partial charge in [0.2, 0.25) is 5.91 Å². The van der Waals surface area contributed by atoms with Gasteiger partial charge < -0.3 is 15.4 Å². The number of amides is 2. The van der Waals surface area contributed by atoms with E-state index in [9.17, 15) is 14.4 Å². The van der Waals surface area contributed by atoms with E-state index < -0.39 is 12.0 Å². The van der Waals surface area contributed by atoms with Crippen LogP contribution < -0.4 is 10.6 Å². The minimum Gasteiger partial charge on any atom is -0.462 e. The second-order valence-electron chi connectivity index (χ2n) is 6.49. The summed E-state index contributed by atoms with van der Waals surface area (Å²) in [5.74, 6) is -1.07. The van der Waals surface area contributed by atoms with Crippen molar-refractivity contribution in [2.45, 2.75) is 26.8 Å². The molecule has 156 valence electrons. The molecule has 0 bridgehead atoms. The molecule has 1 atom stereocenters. The van der Waals surface area contributed by atoms with Gasteiger partial charge in [0.05, 0.1) is 29.1 Å². The molecule has 0 aliphatic rings. The molecule has 0 aliphatic carbocycles. The number of carbonyl (C=O) groups excluding carboxylic acids is 3. The van der Waals surface area contributed by atoms with Crippen LogP contribution in [0.15, 0.2) is 48.0 Å². The van der Waals surface area contributed by atoms with E-state index in [-0.39, 0.29) is 18.4 Å². The molecule has 1 unspecified atom stereocenters. The lowest BCUT2D eigenvalue weighted by Crippen LogP contribution is -2.41. The number of ether oxygens (including phenoxy) is 1. The minimum atomic E-state index is -0.717. The van der Waals surface area contributed by atoms with E-state index in [2.05, 4.69) is 15.7 Å². The number of hydrogen-bond donors (Lipinski definition) is 2. The van der Waals surface area contributed by atoms with Crippen LogP contribution in [0.3, 0.4) is 0 Å². The molecule has 0 spiro atoms. The molecular formula is C21H22N4O4S. The van der Waals surface area contributed by atoms with E-state index in [1.165, 1.54) is 17.5 Å². The second-order valence-corrected chi connectivity index (χ2v) is 7.44.